The predicted octanol–water partition coefficient (Wildman–Crippen LogP) is 3.97. The van der Waals surface area contributed by atoms with Gasteiger partial charge in [-0.3, -0.25) is 14.5 Å². The van der Waals surface area contributed by atoms with E-state index in [1.165, 1.54) is 11.3 Å². The number of aliphatic hydroxyl groups is 1. The normalized spacial score (nSPS) is 19.9. The topological polar surface area (TPSA) is 83.0 Å². The standard InChI is InChI=1S/C26H33N3O4S/c1-16-24(34-17(2)27-16)22(30)20-21(18-6-8-19(9-7-18)26(3,4)5)29(25(32)23(20)31)11-10-28-12-14-33-15-13-28/h6-9,21,31H,10-15H2,1-5H3/t21-/m0/s1. The van der Waals surface area contributed by atoms with E-state index in [9.17, 15) is 14.7 Å². The highest BCUT2D eigenvalue weighted by Crippen LogP contribution is 2.40. The number of morpholine rings is 1. The molecule has 1 aromatic carbocycles. The third kappa shape index (κ3) is 4.80. The van der Waals surface area contributed by atoms with Gasteiger partial charge in [-0.25, -0.2) is 4.98 Å². The van der Waals surface area contributed by atoms with E-state index in [4.69, 9.17) is 4.74 Å². The molecule has 2 aliphatic rings. The number of aliphatic hydroxyl groups excluding tert-OH is 1. The fourth-order valence-corrected chi connectivity index (χ4v) is 5.44. The summed E-state index contributed by atoms with van der Waals surface area (Å²) in [7, 11) is 0. The van der Waals surface area contributed by atoms with Gasteiger partial charge in [-0.1, -0.05) is 45.0 Å². The molecule has 0 radical (unpaired) electrons. The van der Waals surface area contributed by atoms with Gasteiger partial charge in [0.1, 0.15) is 0 Å². The number of hydrogen-bond donors (Lipinski definition) is 1. The van der Waals surface area contributed by atoms with E-state index in [-0.39, 0.29) is 16.8 Å². The highest BCUT2D eigenvalue weighted by Gasteiger charge is 2.44. The van der Waals surface area contributed by atoms with E-state index < -0.39 is 17.7 Å². The summed E-state index contributed by atoms with van der Waals surface area (Å²) in [5.74, 6) is -1.28. The van der Waals surface area contributed by atoms with Crippen LogP contribution in [0.5, 0.6) is 0 Å². The summed E-state index contributed by atoms with van der Waals surface area (Å²) in [6, 6.07) is 7.38. The molecule has 1 atom stereocenters. The third-order valence-electron chi connectivity index (χ3n) is 6.51. The SMILES string of the molecule is Cc1nc(C)c(C(=O)C2=C(O)C(=O)N(CCN3CCOCC3)[C@H]2c2ccc(C(C)(C)C)cc2)s1. The molecule has 3 heterocycles. The molecule has 1 fully saturated rings. The fourth-order valence-electron chi connectivity index (χ4n) is 4.57. The highest BCUT2D eigenvalue weighted by atomic mass is 32.1. The molecular formula is C26H33N3O4S. The molecule has 1 saturated heterocycles. The first kappa shape index (κ1) is 24.6. The number of amides is 1. The second kappa shape index (κ2) is 9.60. The molecule has 0 saturated carbocycles. The van der Waals surface area contributed by atoms with Gasteiger partial charge >= 0.3 is 0 Å². The molecule has 182 valence electrons. The van der Waals surface area contributed by atoms with Gasteiger partial charge in [-0.2, -0.15) is 0 Å². The van der Waals surface area contributed by atoms with Crippen LogP contribution in [-0.2, 0) is 14.9 Å². The van der Waals surface area contributed by atoms with Crippen molar-refractivity contribution >= 4 is 23.0 Å². The van der Waals surface area contributed by atoms with Crippen LogP contribution in [-0.4, -0.2) is 71.0 Å². The maximum Gasteiger partial charge on any atom is 0.290 e. The van der Waals surface area contributed by atoms with Crippen molar-refractivity contribution in [3.8, 4) is 0 Å². The van der Waals surface area contributed by atoms with Crippen LogP contribution in [0.1, 0.15) is 58.3 Å². The van der Waals surface area contributed by atoms with Gasteiger partial charge in [0.25, 0.3) is 5.91 Å². The number of thiazole rings is 1. The first-order valence-electron chi connectivity index (χ1n) is 11.7. The summed E-state index contributed by atoms with van der Waals surface area (Å²) in [5.41, 5.74) is 2.72. The fraction of sp³-hybridized carbons (Fsp3) is 0.500. The maximum absolute atomic E-state index is 13.6. The molecule has 8 heteroatoms. The predicted molar refractivity (Wildman–Crippen MR) is 132 cm³/mol. The Morgan fingerprint density at radius 2 is 1.79 bits per heavy atom. The molecule has 0 bridgehead atoms. The van der Waals surface area contributed by atoms with Gasteiger partial charge in [0, 0.05) is 26.2 Å². The van der Waals surface area contributed by atoms with Gasteiger partial charge < -0.3 is 14.7 Å². The first-order valence-corrected chi connectivity index (χ1v) is 12.5. The van der Waals surface area contributed by atoms with Crippen LogP contribution in [0.4, 0.5) is 0 Å². The second-order valence-corrected chi connectivity index (χ2v) is 11.2. The number of nitrogens with zero attached hydrogens (tertiary/aromatic N) is 3. The number of carbonyl (C=O) groups excluding carboxylic acids is 2. The van der Waals surface area contributed by atoms with Crippen LogP contribution in [0.3, 0.4) is 0 Å². The monoisotopic (exact) mass is 483 g/mol. The molecule has 1 N–H and O–H groups in total. The number of hydrogen-bond acceptors (Lipinski definition) is 7. The smallest absolute Gasteiger partial charge is 0.290 e. The van der Waals surface area contributed by atoms with E-state index in [2.05, 4.69) is 30.7 Å². The summed E-state index contributed by atoms with van der Waals surface area (Å²) in [6.45, 7) is 14.1. The van der Waals surface area contributed by atoms with Crippen molar-refractivity contribution < 1.29 is 19.4 Å². The van der Waals surface area contributed by atoms with Crippen LogP contribution >= 0.6 is 11.3 Å². The zero-order valence-electron chi connectivity index (χ0n) is 20.6. The van der Waals surface area contributed by atoms with E-state index in [1.807, 2.05) is 31.2 Å². The molecule has 7 nitrogen and oxygen atoms in total. The van der Waals surface area contributed by atoms with Crippen molar-refractivity contribution in [1.29, 1.82) is 0 Å². The Morgan fingerprint density at radius 1 is 1.15 bits per heavy atom. The van der Waals surface area contributed by atoms with Crippen molar-refractivity contribution in [3.05, 3.63) is 62.3 Å². The maximum atomic E-state index is 13.6. The third-order valence-corrected chi connectivity index (χ3v) is 7.58. The lowest BCUT2D eigenvalue weighted by molar-refractivity contribution is -0.129. The number of Topliss-reactive ketones (excluding diaryl/α,β-unsaturated/α-hetero) is 1. The summed E-state index contributed by atoms with van der Waals surface area (Å²) in [5, 5.41) is 11.7. The number of aryl methyl sites for hydroxylation is 2. The Kier molecular flexibility index (Phi) is 6.94. The molecule has 4 rings (SSSR count). The summed E-state index contributed by atoms with van der Waals surface area (Å²) in [4.78, 5) is 35.6. The minimum atomic E-state index is -0.642. The average molecular weight is 484 g/mol. The number of ketones is 1. The summed E-state index contributed by atoms with van der Waals surface area (Å²) in [6.07, 6.45) is 0. The van der Waals surface area contributed by atoms with Crippen molar-refractivity contribution in [3.63, 3.8) is 0 Å². The molecule has 2 aromatic rings. The van der Waals surface area contributed by atoms with Crippen LogP contribution in [0.25, 0.3) is 0 Å². The van der Waals surface area contributed by atoms with Crippen LogP contribution in [0.15, 0.2) is 35.6 Å². The Balaban J connectivity index is 1.71. The van der Waals surface area contributed by atoms with E-state index in [0.717, 1.165) is 29.2 Å². The number of benzene rings is 1. The Labute approximate surface area is 205 Å². The van der Waals surface area contributed by atoms with E-state index >= 15 is 0 Å². The minimum absolute atomic E-state index is 0.0199. The lowest BCUT2D eigenvalue weighted by atomic mass is 9.85. The Morgan fingerprint density at radius 3 is 2.35 bits per heavy atom. The van der Waals surface area contributed by atoms with E-state index in [1.54, 1.807) is 11.8 Å². The van der Waals surface area contributed by atoms with Crippen molar-refractivity contribution in [2.24, 2.45) is 0 Å². The van der Waals surface area contributed by atoms with Gasteiger partial charge in [0.15, 0.2) is 5.76 Å². The van der Waals surface area contributed by atoms with Gasteiger partial charge in [-0.15, -0.1) is 11.3 Å². The first-order chi connectivity index (χ1) is 16.1. The number of ether oxygens (including phenoxy) is 1. The molecule has 34 heavy (non-hydrogen) atoms. The van der Waals surface area contributed by atoms with Crippen molar-refractivity contribution in [2.75, 3.05) is 39.4 Å². The minimum Gasteiger partial charge on any atom is -0.503 e. The van der Waals surface area contributed by atoms with Crippen LogP contribution in [0, 0.1) is 13.8 Å². The summed E-state index contributed by atoms with van der Waals surface area (Å²) >= 11 is 1.30. The van der Waals surface area contributed by atoms with Crippen LogP contribution < -0.4 is 0 Å². The number of rotatable bonds is 6. The van der Waals surface area contributed by atoms with Crippen LogP contribution in [0.2, 0.25) is 0 Å². The largest absolute Gasteiger partial charge is 0.503 e. The molecular weight excluding hydrogens is 450 g/mol. The molecule has 0 spiro atoms. The van der Waals surface area contributed by atoms with E-state index in [0.29, 0.717) is 36.9 Å². The number of aromatic nitrogens is 1. The summed E-state index contributed by atoms with van der Waals surface area (Å²) < 4.78 is 5.43. The molecule has 0 unspecified atom stereocenters. The van der Waals surface area contributed by atoms with Gasteiger partial charge in [0.05, 0.1) is 40.4 Å². The highest BCUT2D eigenvalue weighted by molar-refractivity contribution is 7.14. The molecule has 1 amide bonds. The van der Waals surface area contributed by atoms with Crippen molar-refractivity contribution in [1.82, 2.24) is 14.8 Å². The average Bonchev–Trinajstić information content (AvgIpc) is 3.27. The molecule has 1 aromatic heterocycles. The van der Waals surface area contributed by atoms with Gasteiger partial charge in [0.2, 0.25) is 5.78 Å². The zero-order chi connectivity index (χ0) is 24.6. The quantitative estimate of drug-likeness (QED) is 0.626. The van der Waals surface area contributed by atoms with Crippen molar-refractivity contribution in [2.45, 2.75) is 46.1 Å². The second-order valence-electron chi connectivity index (χ2n) is 9.97. The Hall–Kier alpha value is -2.55. The van der Waals surface area contributed by atoms with Gasteiger partial charge in [-0.05, 0) is 30.4 Å². The molecule has 0 aliphatic carbocycles. The zero-order valence-corrected chi connectivity index (χ0v) is 21.4. The lowest BCUT2D eigenvalue weighted by Crippen LogP contribution is -2.43. The molecule has 2 aliphatic heterocycles. The lowest BCUT2D eigenvalue weighted by Gasteiger charge is -2.32. The Bertz CT molecular complexity index is 1110. The number of carbonyl (C=O) groups is 2.